The highest BCUT2D eigenvalue weighted by atomic mass is 16.2. The molecule has 1 saturated heterocycles. The molecule has 3 heterocycles. The van der Waals surface area contributed by atoms with Crippen molar-refractivity contribution in [2.45, 2.75) is 19.2 Å². The summed E-state index contributed by atoms with van der Waals surface area (Å²) in [4.78, 5) is 24.5. The van der Waals surface area contributed by atoms with Crippen molar-refractivity contribution in [3.05, 3.63) is 30.0 Å². The molecule has 1 aliphatic rings. The number of rotatable bonds is 3. The highest BCUT2D eigenvalue weighted by molar-refractivity contribution is 5.87. The highest BCUT2D eigenvalue weighted by Crippen LogP contribution is 2.28. The van der Waals surface area contributed by atoms with Gasteiger partial charge in [0.1, 0.15) is 20.5 Å². The van der Waals surface area contributed by atoms with Gasteiger partial charge in [-0.1, -0.05) is 6.85 Å². The molecule has 1 amide bonds. The lowest BCUT2D eigenvalue weighted by Crippen LogP contribution is -2.53. The number of carbonyl (C=O) groups is 1. The summed E-state index contributed by atoms with van der Waals surface area (Å²) in [5, 5.41) is -0.257. The van der Waals surface area contributed by atoms with Gasteiger partial charge in [0.2, 0.25) is 0 Å². The van der Waals surface area contributed by atoms with Gasteiger partial charge in [-0.2, -0.15) is 0 Å². The Hall–Kier alpha value is -2.62. The number of aromatic nitrogens is 3. The van der Waals surface area contributed by atoms with E-state index in [1.165, 1.54) is 6.20 Å². The van der Waals surface area contributed by atoms with E-state index >= 15 is 0 Å². The Morgan fingerprint density at radius 2 is 2.70 bits per heavy atom. The van der Waals surface area contributed by atoms with Gasteiger partial charge in [0, 0.05) is 41.2 Å². The fourth-order valence-electron chi connectivity index (χ4n) is 1.86. The van der Waals surface area contributed by atoms with Gasteiger partial charge in [-0.3, -0.25) is 4.79 Å². The molecule has 2 atom stereocenters. The van der Waals surface area contributed by atoms with Gasteiger partial charge in [-0.05, 0) is 18.3 Å². The Kier molecular flexibility index (Phi) is 1.41. The minimum Gasteiger partial charge on any atom is -0.354 e. The maximum atomic E-state index is 13.1. The molecule has 1 N–H and O–H groups in total. The molecule has 23 heavy (non-hydrogen) atoms. The molecule has 1 aliphatic heterocycles. The van der Waals surface area contributed by atoms with E-state index in [0.29, 0.717) is 0 Å². The van der Waals surface area contributed by atoms with Crippen LogP contribution in [-0.4, -0.2) is 58.2 Å². The summed E-state index contributed by atoms with van der Waals surface area (Å²) in [7, 11) is 0. The molecule has 2 aromatic rings. The summed E-state index contributed by atoms with van der Waals surface area (Å²) in [6.07, 6.45) is -2.35. The number of amides is 1. The number of aromatic amines is 1. The summed E-state index contributed by atoms with van der Waals surface area (Å²) in [6, 6.07) is -3.18. The number of nitrogens with one attached hydrogen (secondary N) is 1. The molecule has 120 valence electrons. The molecular formula is C16H20N6O. The second-order valence-electron chi connectivity index (χ2n) is 4.21. The number of nitrogens with zero attached hydrogens (tertiary/aromatic N) is 5. The second kappa shape index (κ2) is 6.24. The van der Waals surface area contributed by atoms with Crippen LogP contribution in [0.25, 0.3) is 15.9 Å². The summed E-state index contributed by atoms with van der Waals surface area (Å²) in [5.41, 5.74) is -0.103. The standard InChI is InChI=1S/C16H20N6O/c1-11-5-7-22(14(23)8-17-2)9-13(11)21(3)16-12-4-6-18-15(12)19-10-20-16/h4,6,10-11,13H,5,7-9H2,1,3H3,(H,18,19,20)/t11-,13+/m1/s1/i1D3,3D3,5D2,7D2,8D2,9D2,11D,13D. The van der Waals surface area contributed by atoms with Crippen LogP contribution in [0.4, 0.5) is 5.82 Å². The number of piperidine rings is 1. The van der Waals surface area contributed by atoms with E-state index in [1.54, 1.807) is 0 Å². The van der Waals surface area contributed by atoms with Crippen LogP contribution >= 0.6 is 0 Å². The van der Waals surface area contributed by atoms with E-state index in [0.717, 1.165) is 12.4 Å². The maximum absolute atomic E-state index is 13.1. The lowest BCUT2D eigenvalue weighted by molar-refractivity contribution is -0.130. The molecule has 0 bridgehead atoms. The largest absolute Gasteiger partial charge is 0.354 e. The van der Waals surface area contributed by atoms with Gasteiger partial charge >= 0.3 is 5.91 Å². The number of fused-ring (bicyclic) bond motifs is 1. The Morgan fingerprint density at radius 3 is 3.48 bits per heavy atom. The summed E-state index contributed by atoms with van der Waals surface area (Å²) >= 11 is 0. The Labute approximate surface area is 157 Å². The zero-order valence-electron chi connectivity index (χ0n) is 27.4. The van der Waals surface area contributed by atoms with E-state index in [9.17, 15) is 6.17 Å². The molecule has 1 fully saturated rings. The van der Waals surface area contributed by atoms with E-state index < -0.39 is 68.2 Å². The fraction of sp³-hybridized carbons (Fsp3) is 0.500. The molecule has 0 aromatic carbocycles. The average molecular weight is 328 g/mol. The van der Waals surface area contributed by atoms with Crippen molar-refractivity contribution >= 4 is 22.8 Å². The van der Waals surface area contributed by atoms with Crippen LogP contribution < -0.4 is 4.90 Å². The van der Waals surface area contributed by atoms with E-state index in [2.05, 4.69) is 19.8 Å². The zero-order chi connectivity index (χ0) is 30.4. The SMILES string of the molecule is [2H]C([2H])([N+]#[C-])C(=O)N1C([2H])([2H])C([2H])([2H])[C@@]([2H])(C([2H])([2H])[2H])[C@@]([2H])(N(c2ncnc3[nH]ccc23)C([2H])([2H])[2H])C1([2H])[2H]. The van der Waals surface area contributed by atoms with Crippen molar-refractivity contribution in [3.63, 3.8) is 0 Å². The third-order valence-corrected chi connectivity index (χ3v) is 2.87. The van der Waals surface area contributed by atoms with Crippen LogP contribution in [0.1, 0.15) is 35.2 Å². The average Bonchev–Trinajstić information content (AvgIpc) is 3.25. The first-order valence-electron chi connectivity index (χ1n) is 14.1. The van der Waals surface area contributed by atoms with Gasteiger partial charge in [-0.25, -0.2) is 16.5 Å². The van der Waals surface area contributed by atoms with E-state index in [4.69, 9.17) is 27.1 Å². The Bertz CT molecular complexity index is 1340. The van der Waals surface area contributed by atoms with Crippen molar-refractivity contribution in [2.75, 3.05) is 31.4 Å². The molecule has 3 rings (SSSR count). The van der Waals surface area contributed by atoms with Crippen molar-refractivity contribution in [3.8, 4) is 0 Å². The third-order valence-electron chi connectivity index (χ3n) is 2.87. The first kappa shape index (κ1) is 5.20. The lowest BCUT2D eigenvalue weighted by atomic mass is 9.92. The molecule has 7 heteroatoms. The van der Waals surface area contributed by atoms with Crippen LogP contribution in [0, 0.1) is 12.5 Å². The quantitative estimate of drug-likeness (QED) is 0.868. The monoisotopic (exact) mass is 328 g/mol. The smallest absolute Gasteiger partial charge is 0.302 e. The molecular weight excluding hydrogens is 292 g/mol. The predicted molar refractivity (Wildman–Crippen MR) is 87.9 cm³/mol. The Morgan fingerprint density at radius 1 is 1.78 bits per heavy atom. The van der Waals surface area contributed by atoms with Gasteiger partial charge < -0.3 is 19.6 Å². The Balaban J connectivity index is 2.63. The number of hydrogen-bond acceptors (Lipinski definition) is 4. The number of anilines is 1. The lowest BCUT2D eigenvalue weighted by Gasteiger charge is -2.41. The molecule has 0 spiro atoms. The van der Waals surface area contributed by atoms with Gasteiger partial charge in [0.15, 0.2) is 0 Å². The van der Waals surface area contributed by atoms with Crippen molar-refractivity contribution in [2.24, 2.45) is 5.89 Å². The predicted octanol–water partition coefficient (Wildman–Crippen LogP) is 1.55. The van der Waals surface area contributed by atoms with Crippen LogP contribution in [0.3, 0.4) is 0 Å². The van der Waals surface area contributed by atoms with Crippen LogP contribution in [-0.2, 0) is 4.79 Å². The van der Waals surface area contributed by atoms with E-state index in [-0.39, 0.29) is 15.9 Å². The van der Waals surface area contributed by atoms with Gasteiger partial charge in [0.05, 0.1) is 15.5 Å². The number of carbonyl (C=O) groups excluding carboxylic acids is 1. The first-order chi connectivity index (χ1) is 17.3. The molecule has 0 aliphatic carbocycles. The minimum atomic E-state index is -4.37. The molecule has 0 unspecified atom stereocenters. The van der Waals surface area contributed by atoms with Crippen molar-refractivity contribution < 1.29 is 26.7 Å². The van der Waals surface area contributed by atoms with Gasteiger partial charge in [-0.15, -0.1) is 0 Å². The van der Waals surface area contributed by atoms with Gasteiger partial charge in [0.25, 0.3) is 6.50 Å². The third kappa shape index (κ3) is 2.84. The summed E-state index contributed by atoms with van der Waals surface area (Å²) < 4.78 is 133. The number of likely N-dealkylation sites (N-methyl/N-ethyl adjacent to an activating group) is 1. The number of H-pyrrole nitrogens is 1. The van der Waals surface area contributed by atoms with Crippen molar-refractivity contribution in [1.29, 1.82) is 0 Å². The summed E-state index contributed by atoms with van der Waals surface area (Å²) in [6.45, 7) is -13.4. The van der Waals surface area contributed by atoms with E-state index in [1.807, 2.05) is 0 Å². The second-order valence-corrected chi connectivity index (χ2v) is 4.21. The normalized spacial score (nSPS) is 46.1. The molecule has 2 aromatic heterocycles. The minimum absolute atomic E-state index is 0.103. The van der Waals surface area contributed by atoms with Crippen molar-refractivity contribution in [1.82, 2.24) is 19.9 Å². The summed E-state index contributed by atoms with van der Waals surface area (Å²) in [5.74, 6) is -7.65. The van der Waals surface area contributed by atoms with Crippen LogP contribution in [0.15, 0.2) is 18.6 Å². The first-order valence-corrected chi connectivity index (χ1v) is 6.12. The van der Waals surface area contributed by atoms with Crippen LogP contribution in [0.5, 0.6) is 0 Å². The maximum Gasteiger partial charge on any atom is 0.302 e. The van der Waals surface area contributed by atoms with Crippen LogP contribution in [0.2, 0.25) is 0 Å². The molecule has 0 saturated carbocycles. The zero-order valence-corrected chi connectivity index (χ0v) is 11.4. The molecule has 0 radical (unpaired) electrons. The fourth-order valence-corrected chi connectivity index (χ4v) is 1.86. The topological polar surface area (TPSA) is 69.5 Å². The molecule has 7 nitrogen and oxygen atoms in total. The number of likely N-dealkylation sites (tertiary alicyclic amines) is 1. The highest BCUT2D eigenvalue weighted by Gasteiger charge is 2.33. The number of hydrogen-bond donors (Lipinski definition) is 1.